The number of aliphatic hydroxyl groups excluding tert-OH is 1. The topological polar surface area (TPSA) is 29.5 Å². The fraction of sp³-hybridized carbons (Fsp3) is 0.500. The molecule has 0 aliphatic rings. The lowest BCUT2D eigenvalue weighted by molar-refractivity contribution is -0.0391. The molecule has 0 amide bonds. The number of halogens is 1. The maximum absolute atomic E-state index is 12.9. The van der Waals surface area contributed by atoms with Crippen LogP contribution in [-0.4, -0.2) is 18.3 Å². The Labute approximate surface area is 89.7 Å². The molecule has 2 nitrogen and oxygen atoms in total. The minimum Gasteiger partial charge on any atom is -0.386 e. The highest BCUT2D eigenvalue weighted by Crippen LogP contribution is 2.24. The van der Waals surface area contributed by atoms with Gasteiger partial charge in [-0.15, -0.1) is 0 Å². The fourth-order valence-electron chi connectivity index (χ4n) is 1.65. The van der Waals surface area contributed by atoms with Crippen molar-refractivity contribution in [1.29, 1.82) is 0 Å². The van der Waals surface area contributed by atoms with E-state index in [2.05, 4.69) is 0 Å². The molecule has 2 unspecified atom stereocenters. The van der Waals surface area contributed by atoms with Crippen molar-refractivity contribution >= 4 is 0 Å². The number of hydrogen-bond donors (Lipinski definition) is 1. The molecule has 15 heavy (non-hydrogen) atoms. The Hall–Kier alpha value is -0.930. The molecule has 0 saturated heterocycles. The number of ether oxygens (including phenoxy) is 1. The summed E-state index contributed by atoms with van der Waals surface area (Å²) in [4.78, 5) is 0. The highest BCUT2D eigenvalue weighted by Gasteiger charge is 2.23. The maximum Gasteiger partial charge on any atom is 0.123 e. The fourth-order valence-corrected chi connectivity index (χ4v) is 1.65. The van der Waals surface area contributed by atoms with Gasteiger partial charge in [0.25, 0.3) is 0 Å². The van der Waals surface area contributed by atoms with Gasteiger partial charge in [-0.25, -0.2) is 4.39 Å². The third-order valence-electron chi connectivity index (χ3n) is 2.43. The molecular weight excluding hydrogens is 195 g/mol. The number of aliphatic hydroxyl groups is 1. The van der Waals surface area contributed by atoms with Crippen LogP contribution in [0.3, 0.4) is 0 Å². The predicted molar refractivity (Wildman–Crippen MR) is 57.0 cm³/mol. The highest BCUT2D eigenvalue weighted by atomic mass is 19.1. The molecule has 1 aromatic carbocycles. The lowest BCUT2D eigenvalue weighted by atomic mass is 9.96. The lowest BCUT2D eigenvalue weighted by Crippen LogP contribution is -2.26. The largest absolute Gasteiger partial charge is 0.386 e. The standard InChI is InChI=1S/C12H17FO2/c1-8(2)12(15-3)11(14)9-5-4-6-10(13)7-9/h4-8,11-12,14H,1-3H3. The minimum absolute atomic E-state index is 0.174. The Morgan fingerprint density at radius 2 is 2.00 bits per heavy atom. The third-order valence-corrected chi connectivity index (χ3v) is 2.43. The zero-order valence-electron chi connectivity index (χ0n) is 9.27. The van der Waals surface area contributed by atoms with Crippen LogP contribution in [0.2, 0.25) is 0 Å². The molecule has 0 saturated carbocycles. The highest BCUT2D eigenvalue weighted by molar-refractivity contribution is 5.19. The molecule has 0 heterocycles. The first-order chi connectivity index (χ1) is 7.06. The molecule has 3 heteroatoms. The van der Waals surface area contributed by atoms with E-state index in [4.69, 9.17) is 4.74 Å². The summed E-state index contributed by atoms with van der Waals surface area (Å²) in [6, 6.07) is 5.97. The molecule has 1 aromatic rings. The van der Waals surface area contributed by atoms with Crippen molar-refractivity contribution in [2.45, 2.75) is 26.1 Å². The zero-order chi connectivity index (χ0) is 11.4. The van der Waals surface area contributed by atoms with Gasteiger partial charge in [0, 0.05) is 7.11 Å². The number of methoxy groups -OCH3 is 1. The van der Waals surface area contributed by atoms with E-state index in [-0.39, 0.29) is 17.8 Å². The van der Waals surface area contributed by atoms with Gasteiger partial charge in [-0.05, 0) is 23.6 Å². The molecule has 1 rings (SSSR count). The van der Waals surface area contributed by atoms with Crippen LogP contribution in [0, 0.1) is 11.7 Å². The zero-order valence-corrected chi connectivity index (χ0v) is 9.27. The first-order valence-corrected chi connectivity index (χ1v) is 5.02. The van der Waals surface area contributed by atoms with Crippen molar-refractivity contribution < 1.29 is 14.2 Å². The number of hydrogen-bond acceptors (Lipinski definition) is 2. The van der Waals surface area contributed by atoms with Gasteiger partial charge >= 0.3 is 0 Å². The van der Waals surface area contributed by atoms with Crippen LogP contribution >= 0.6 is 0 Å². The van der Waals surface area contributed by atoms with Crippen molar-refractivity contribution in [2.24, 2.45) is 5.92 Å². The molecule has 0 bridgehead atoms. The summed E-state index contributed by atoms with van der Waals surface area (Å²) >= 11 is 0. The average molecular weight is 212 g/mol. The summed E-state index contributed by atoms with van der Waals surface area (Å²) < 4.78 is 18.1. The van der Waals surface area contributed by atoms with Gasteiger partial charge < -0.3 is 9.84 Å². The van der Waals surface area contributed by atoms with Crippen molar-refractivity contribution in [2.75, 3.05) is 7.11 Å². The van der Waals surface area contributed by atoms with Gasteiger partial charge in [0.1, 0.15) is 11.9 Å². The van der Waals surface area contributed by atoms with E-state index in [0.717, 1.165) is 0 Å². The van der Waals surface area contributed by atoms with Crippen molar-refractivity contribution in [3.63, 3.8) is 0 Å². The van der Waals surface area contributed by atoms with Crippen molar-refractivity contribution in [1.82, 2.24) is 0 Å². The minimum atomic E-state index is -0.786. The predicted octanol–water partition coefficient (Wildman–Crippen LogP) is 2.53. The lowest BCUT2D eigenvalue weighted by Gasteiger charge is -2.25. The van der Waals surface area contributed by atoms with Crippen LogP contribution in [0.15, 0.2) is 24.3 Å². The van der Waals surface area contributed by atoms with E-state index in [1.165, 1.54) is 12.1 Å². The SMILES string of the molecule is COC(C(C)C)C(O)c1cccc(F)c1. The van der Waals surface area contributed by atoms with Crippen LogP contribution in [0.25, 0.3) is 0 Å². The third kappa shape index (κ3) is 3.01. The van der Waals surface area contributed by atoms with Gasteiger partial charge in [0.15, 0.2) is 0 Å². The van der Waals surface area contributed by atoms with Crippen LogP contribution in [0.4, 0.5) is 4.39 Å². The van der Waals surface area contributed by atoms with Crippen molar-refractivity contribution in [3.8, 4) is 0 Å². The van der Waals surface area contributed by atoms with E-state index >= 15 is 0 Å². The molecule has 2 atom stereocenters. The molecule has 0 aliphatic carbocycles. The Bertz CT molecular complexity index is 312. The van der Waals surface area contributed by atoms with Crippen LogP contribution < -0.4 is 0 Å². The van der Waals surface area contributed by atoms with E-state index in [1.54, 1.807) is 19.2 Å². The van der Waals surface area contributed by atoms with Gasteiger partial charge in [-0.1, -0.05) is 26.0 Å². The first kappa shape index (κ1) is 12.1. The molecule has 84 valence electrons. The van der Waals surface area contributed by atoms with Gasteiger partial charge in [0.2, 0.25) is 0 Å². The maximum atomic E-state index is 12.9. The normalized spacial score (nSPS) is 15.3. The Balaban J connectivity index is 2.87. The second-order valence-electron chi connectivity index (χ2n) is 3.94. The quantitative estimate of drug-likeness (QED) is 0.831. The molecular formula is C12H17FO2. The first-order valence-electron chi connectivity index (χ1n) is 5.02. The molecule has 0 spiro atoms. The number of rotatable bonds is 4. The molecule has 0 radical (unpaired) electrons. The monoisotopic (exact) mass is 212 g/mol. The van der Waals surface area contributed by atoms with E-state index < -0.39 is 6.10 Å². The summed E-state index contributed by atoms with van der Waals surface area (Å²) in [6.07, 6.45) is -1.10. The molecule has 0 aliphatic heterocycles. The van der Waals surface area contributed by atoms with E-state index in [0.29, 0.717) is 5.56 Å². The average Bonchev–Trinajstić information content (AvgIpc) is 2.18. The summed E-state index contributed by atoms with van der Waals surface area (Å²) in [7, 11) is 1.55. The molecule has 0 aromatic heterocycles. The van der Waals surface area contributed by atoms with Gasteiger partial charge in [-0.2, -0.15) is 0 Å². The smallest absolute Gasteiger partial charge is 0.123 e. The summed E-state index contributed by atoms with van der Waals surface area (Å²) in [5.74, 6) is -0.168. The van der Waals surface area contributed by atoms with E-state index in [1.807, 2.05) is 13.8 Å². The summed E-state index contributed by atoms with van der Waals surface area (Å²) in [5.41, 5.74) is 0.551. The van der Waals surface area contributed by atoms with Crippen LogP contribution in [0.5, 0.6) is 0 Å². The van der Waals surface area contributed by atoms with E-state index in [9.17, 15) is 9.50 Å². The second-order valence-corrected chi connectivity index (χ2v) is 3.94. The Kier molecular flexibility index (Phi) is 4.24. The van der Waals surface area contributed by atoms with Gasteiger partial charge in [-0.3, -0.25) is 0 Å². The Morgan fingerprint density at radius 3 is 2.47 bits per heavy atom. The molecule has 0 fully saturated rings. The van der Waals surface area contributed by atoms with Crippen LogP contribution in [-0.2, 0) is 4.74 Å². The second kappa shape index (κ2) is 5.24. The summed E-state index contributed by atoms with van der Waals surface area (Å²) in [5, 5.41) is 9.98. The van der Waals surface area contributed by atoms with Gasteiger partial charge in [0.05, 0.1) is 6.10 Å². The molecule has 1 N–H and O–H groups in total. The van der Waals surface area contributed by atoms with Crippen molar-refractivity contribution in [3.05, 3.63) is 35.6 Å². The van der Waals surface area contributed by atoms with Crippen LogP contribution in [0.1, 0.15) is 25.5 Å². The summed E-state index contributed by atoms with van der Waals surface area (Å²) in [6.45, 7) is 3.91. The Morgan fingerprint density at radius 1 is 1.33 bits per heavy atom. The number of benzene rings is 1.